The zero-order valence-electron chi connectivity index (χ0n) is 7.09. The highest BCUT2D eigenvalue weighted by Gasteiger charge is 1.96. The third kappa shape index (κ3) is 9.72. The van der Waals surface area contributed by atoms with E-state index in [-0.39, 0.29) is 24.9 Å². The summed E-state index contributed by atoms with van der Waals surface area (Å²) in [4.78, 5) is 10.6. The zero-order valence-corrected chi connectivity index (χ0v) is 7.91. The molecule has 0 saturated heterocycles. The summed E-state index contributed by atoms with van der Waals surface area (Å²) in [5.41, 5.74) is 5.08. The molecule has 0 aromatic heterocycles. The van der Waals surface area contributed by atoms with E-state index in [4.69, 9.17) is 5.73 Å². The molecule has 3 nitrogen and oxygen atoms in total. The normalized spacial score (nSPS) is 9.09. The highest BCUT2D eigenvalue weighted by atomic mass is 35.5. The molecule has 0 saturated carbocycles. The van der Waals surface area contributed by atoms with Gasteiger partial charge in [0, 0.05) is 6.54 Å². The quantitative estimate of drug-likeness (QED) is 0.663. The van der Waals surface area contributed by atoms with Gasteiger partial charge in [0.25, 0.3) is 0 Å². The van der Waals surface area contributed by atoms with Crippen molar-refractivity contribution in [2.75, 3.05) is 13.1 Å². The fourth-order valence-corrected chi connectivity index (χ4v) is 0.572. The maximum Gasteiger partial charge on any atom is 0.233 e. The van der Waals surface area contributed by atoms with E-state index in [1.807, 2.05) is 0 Å². The fraction of sp³-hybridized carbons (Fsp3) is 0.857. The van der Waals surface area contributed by atoms with Crippen LogP contribution in [0.1, 0.15) is 20.3 Å². The number of carbonyl (C=O) groups is 1. The van der Waals surface area contributed by atoms with E-state index in [2.05, 4.69) is 19.2 Å². The molecule has 0 fully saturated rings. The second-order valence-electron chi connectivity index (χ2n) is 2.74. The van der Waals surface area contributed by atoms with E-state index in [0.717, 1.165) is 13.0 Å². The van der Waals surface area contributed by atoms with Crippen molar-refractivity contribution < 1.29 is 4.79 Å². The van der Waals surface area contributed by atoms with Gasteiger partial charge in [0.1, 0.15) is 0 Å². The Morgan fingerprint density at radius 3 is 2.45 bits per heavy atom. The minimum Gasteiger partial charge on any atom is -0.355 e. The van der Waals surface area contributed by atoms with Crippen molar-refractivity contribution in [3.63, 3.8) is 0 Å². The lowest BCUT2D eigenvalue weighted by Gasteiger charge is -2.04. The third-order valence-electron chi connectivity index (χ3n) is 1.23. The molecular weight excluding hydrogens is 164 g/mol. The molecule has 0 aromatic carbocycles. The van der Waals surface area contributed by atoms with E-state index >= 15 is 0 Å². The van der Waals surface area contributed by atoms with Crippen LogP contribution in [0.2, 0.25) is 0 Å². The Balaban J connectivity index is 0. The van der Waals surface area contributed by atoms with Crippen molar-refractivity contribution in [3.8, 4) is 0 Å². The summed E-state index contributed by atoms with van der Waals surface area (Å²) >= 11 is 0. The Morgan fingerprint density at radius 2 is 2.09 bits per heavy atom. The van der Waals surface area contributed by atoms with E-state index < -0.39 is 0 Å². The monoisotopic (exact) mass is 180 g/mol. The van der Waals surface area contributed by atoms with Gasteiger partial charge >= 0.3 is 0 Å². The zero-order chi connectivity index (χ0) is 7.98. The van der Waals surface area contributed by atoms with Crippen molar-refractivity contribution in [2.45, 2.75) is 20.3 Å². The first-order valence-corrected chi connectivity index (χ1v) is 3.63. The summed E-state index contributed by atoms with van der Waals surface area (Å²) in [6.07, 6.45) is 1.02. The lowest BCUT2D eigenvalue weighted by atomic mass is 10.1. The summed E-state index contributed by atoms with van der Waals surface area (Å²) < 4.78 is 0. The van der Waals surface area contributed by atoms with Crippen molar-refractivity contribution in [2.24, 2.45) is 11.7 Å². The number of nitrogens with two attached hydrogens (primary N) is 1. The van der Waals surface area contributed by atoms with Gasteiger partial charge < -0.3 is 11.1 Å². The molecule has 1 amide bonds. The summed E-state index contributed by atoms with van der Waals surface area (Å²) in [7, 11) is 0. The second kappa shape index (κ2) is 7.82. The molecule has 11 heavy (non-hydrogen) atoms. The van der Waals surface area contributed by atoms with Gasteiger partial charge in [-0.2, -0.15) is 0 Å². The molecule has 0 aliphatic rings. The van der Waals surface area contributed by atoms with Gasteiger partial charge in [0.05, 0.1) is 6.54 Å². The van der Waals surface area contributed by atoms with Gasteiger partial charge in [-0.05, 0) is 12.3 Å². The molecule has 0 radical (unpaired) electrons. The maximum absolute atomic E-state index is 10.6. The molecule has 0 rings (SSSR count). The molecule has 3 N–H and O–H groups in total. The molecule has 0 aliphatic heterocycles. The Bertz CT molecular complexity index is 107. The fourth-order valence-electron chi connectivity index (χ4n) is 0.572. The summed E-state index contributed by atoms with van der Waals surface area (Å²) in [6.45, 7) is 5.08. The topological polar surface area (TPSA) is 55.1 Å². The lowest BCUT2D eigenvalue weighted by Crippen LogP contribution is -2.31. The maximum atomic E-state index is 10.6. The minimum atomic E-state index is -0.0688. The number of carbonyl (C=O) groups excluding carboxylic acids is 1. The molecule has 0 bridgehead atoms. The number of amides is 1. The van der Waals surface area contributed by atoms with Crippen LogP contribution in [0.4, 0.5) is 0 Å². The molecule has 0 aliphatic carbocycles. The second-order valence-corrected chi connectivity index (χ2v) is 2.74. The van der Waals surface area contributed by atoms with Gasteiger partial charge in [-0.15, -0.1) is 12.4 Å². The van der Waals surface area contributed by atoms with E-state index in [9.17, 15) is 4.79 Å². The van der Waals surface area contributed by atoms with Gasteiger partial charge in [0.15, 0.2) is 0 Å². The number of hydrogen-bond acceptors (Lipinski definition) is 2. The van der Waals surface area contributed by atoms with Crippen LogP contribution in [0.3, 0.4) is 0 Å². The molecule has 0 atom stereocenters. The average molecular weight is 181 g/mol. The molecule has 4 heteroatoms. The largest absolute Gasteiger partial charge is 0.355 e. The summed E-state index contributed by atoms with van der Waals surface area (Å²) in [5, 5.41) is 2.70. The van der Waals surface area contributed by atoms with Crippen LogP contribution >= 0.6 is 12.4 Å². The Labute approximate surface area is 74.1 Å². The summed E-state index contributed by atoms with van der Waals surface area (Å²) in [5.74, 6) is 0.568. The van der Waals surface area contributed by atoms with Gasteiger partial charge in [-0.3, -0.25) is 4.79 Å². The molecule has 0 aromatic rings. The molecule has 0 unspecified atom stereocenters. The average Bonchev–Trinajstić information content (AvgIpc) is 1.87. The first-order valence-electron chi connectivity index (χ1n) is 3.63. The SMILES string of the molecule is CC(C)CCNC(=O)CN.Cl. The Morgan fingerprint density at radius 1 is 1.55 bits per heavy atom. The van der Waals surface area contributed by atoms with E-state index in [0.29, 0.717) is 5.92 Å². The Kier molecular flexibility index (Phi) is 9.47. The van der Waals surface area contributed by atoms with Gasteiger partial charge in [0.2, 0.25) is 5.91 Å². The van der Waals surface area contributed by atoms with Crippen molar-refractivity contribution in [3.05, 3.63) is 0 Å². The van der Waals surface area contributed by atoms with Crippen LogP contribution in [0.5, 0.6) is 0 Å². The van der Waals surface area contributed by atoms with E-state index in [1.165, 1.54) is 0 Å². The van der Waals surface area contributed by atoms with Crippen LogP contribution < -0.4 is 11.1 Å². The highest BCUT2D eigenvalue weighted by molar-refractivity contribution is 5.85. The Hall–Kier alpha value is -0.280. The minimum absolute atomic E-state index is 0. The van der Waals surface area contributed by atoms with Crippen molar-refractivity contribution >= 4 is 18.3 Å². The van der Waals surface area contributed by atoms with Gasteiger partial charge in [-0.1, -0.05) is 13.8 Å². The molecule has 0 spiro atoms. The summed E-state index contributed by atoms with van der Waals surface area (Å²) in [6, 6.07) is 0. The predicted octanol–water partition coefficient (Wildman–Crippen LogP) is 0.529. The van der Waals surface area contributed by atoms with Crippen molar-refractivity contribution in [1.29, 1.82) is 0 Å². The van der Waals surface area contributed by atoms with Crippen LogP contribution in [-0.4, -0.2) is 19.0 Å². The van der Waals surface area contributed by atoms with Gasteiger partial charge in [-0.25, -0.2) is 0 Å². The predicted molar refractivity (Wildman–Crippen MR) is 48.8 cm³/mol. The lowest BCUT2D eigenvalue weighted by molar-refractivity contribution is -0.119. The van der Waals surface area contributed by atoms with Crippen LogP contribution in [0.15, 0.2) is 0 Å². The van der Waals surface area contributed by atoms with Crippen LogP contribution in [0, 0.1) is 5.92 Å². The van der Waals surface area contributed by atoms with Crippen LogP contribution in [-0.2, 0) is 4.79 Å². The number of rotatable bonds is 4. The molecular formula is C7H17ClN2O. The number of nitrogens with one attached hydrogen (secondary N) is 1. The number of halogens is 1. The third-order valence-corrected chi connectivity index (χ3v) is 1.23. The first kappa shape index (κ1) is 13.3. The highest BCUT2D eigenvalue weighted by Crippen LogP contribution is 1.95. The van der Waals surface area contributed by atoms with E-state index in [1.54, 1.807) is 0 Å². The number of hydrogen-bond donors (Lipinski definition) is 2. The molecule has 0 heterocycles. The first-order chi connectivity index (χ1) is 4.66. The van der Waals surface area contributed by atoms with Crippen LogP contribution in [0.25, 0.3) is 0 Å². The smallest absolute Gasteiger partial charge is 0.233 e. The van der Waals surface area contributed by atoms with Crippen molar-refractivity contribution in [1.82, 2.24) is 5.32 Å². The molecule has 68 valence electrons. The standard InChI is InChI=1S/C7H16N2O.ClH/c1-6(2)3-4-9-7(10)5-8;/h6H,3-5,8H2,1-2H3,(H,9,10);1H.